The van der Waals surface area contributed by atoms with Gasteiger partial charge >= 0.3 is 5.97 Å². The third kappa shape index (κ3) is 4.10. The monoisotopic (exact) mass is 377 g/mol. The average molecular weight is 379 g/mol. The van der Waals surface area contributed by atoms with Crippen molar-refractivity contribution < 1.29 is 14.7 Å². The van der Waals surface area contributed by atoms with Gasteiger partial charge in [0.1, 0.15) is 6.04 Å². The molecule has 0 aliphatic rings. The molecule has 0 unspecified atom stereocenters. The molecule has 1 atom stereocenters. The van der Waals surface area contributed by atoms with Gasteiger partial charge in [0.25, 0.3) is 5.91 Å². The molecule has 1 aromatic rings. The van der Waals surface area contributed by atoms with Crippen LogP contribution in [0.3, 0.4) is 0 Å². The van der Waals surface area contributed by atoms with Gasteiger partial charge in [-0.3, -0.25) is 4.79 Å². The molecule has 0 aliphatic carbocycles. The van der Waals surface area contributed by atoms with Gasteiger partial charge in [0, 0.05) is 8.95 Å². The van der Waals surface area contributed by atoms with Crippen molar-refractivity contribution in [3.8, 4) is 0 Å². The number of carbonyl (C=O) groups excluding carboxylic acids is 1. The largest absolute Gasteiger partial charge is 0.480 e. The summed E-state index contributed by atoms with van der Waals surface area (Å²) in [6, 6.07) is 4.31. The molecular formula is C12H13Br2NO3. The first kappa shape index (κ1) is 15.2. The average Bonchev–Trinajstić information content (AvgIpc) is 2.31. The van der Waals surface area contributed by atoms with Crippen molar-refractivity contribution in [1.82, 2.24) is 5.32 Å². The van der Waals surface area contributed by atoms with E-state index in [-0.39, 0.29) is 0 Å². The summed E-state index contributed by atoms with van der Waals surface area (Å²) in [5.74, 6) is -1.42. The topological polar surface area (TPSA) is 66.4 Å². The molecule has 1 aromatic carbocycles. The second-order valence-corrected chi connectivity index (χ2v) is 5.55. The molecular weight excluding hydrogens is 366 g/mol. The summed E-state index contributed by atoms with van der Waals surface area (Å²) in [7, 11) is 0. The standard InChI is InChI=1S/C12H13Br2NO3/c1-2-3-10(12(17)18)15-11(16)8-6-7(13)4-5-9(8)14/h4-6,10H,2-3H2,1H3,(H,15,16)(H,17,18)/t10-/m0/s1. The highest BCUT2D eigenvalue weighted by atomic mass is 79.9. The lowest BCUT2D eigenvalue weighted by atomic mass is 10.1. The zero-order valence-corrected chi connectivity index (χ0v) is 12.9. The number of carboxylic acid groups (broad SMARTS) is 1. The van der Waals surface area contributed by atoms with E-state index in [0.717, 1.165) is 4.47 Å². The normalized spacial score (nSPS) is 11.9. The minimum atomic E-state index is -1.02. The van der Waals surface area contributed by atoms with Crippen molar-refractivity contribution in [3.05, 3.63) is 32.7 Å². The lowest BCUT2D eigenvalue weighted by Gasteiger charge is -2.14. The van der Waals surface area contributed by atoms with Crippen LogP contribution in [0, 0.1) is 0 Å². The molecule has 98 valence electrons. The van der Waals surface area contributed by atoms with Crippen LogP contribution in [0.5, 0.6) is 0 Å². The highest BCUT2D eigenvalue weighted by Crippen LogP contribution is 2.21. The van der Waals surface area contributed by atoms with Gasteiger partial charge in [-0.25, -0.2) is 4.79 Å². The van der Waals surface area contributed by atoms with Crippen LogP contribution in [0.1, 0.15) is 30.1 Å². The van der Waals surface area contributed by atoms with Gasteiger partial charge in [0.2, 0.25) is 0 Å². The third-order valence-electron chi connectivity index (χ3n) is 2.35. The molecule has 4 nitrogen and oxygen atoms in total. The predicted molar refractivity (Wildman–Crippen MR) is 75.6 cm³/mol. The SMILES string of the molecule is CCC[C@H](NC(=O)c1cc(Br)ccc1Br)C(=O)O. The molecule has 0 aliphatic heterocycles. The Morgan fingerprint density at radius 2 is 2.06 bits per heavy atom. The van der Waals surface area contributed by atoms with E-state index in [4.69, 9.17) is 5.11 Å². The van der Waals surface area contributed by atoms with Gasteiger partial charge in [-0.15, -0.1) is 0 Å². The van der Waals surface area contributed by atoms with Crippen LogP contribution in [-0.2, 0) is 4.79 Å². The first-order chi connectivity index (χ1) is 8.45. The van der Waals surface area contributed by atoms with Crippen LogP contribution in [-0.4, -0.2) is 23.0 Å². The zero-order valence-electron chi connectivity index (χ0n) is 9.74. The second-order valence-electron chi connectivity index (χ2n) is 3.78. The summed E-state index contributed by atoms with van der Waals surface area (Å²) in [4.78, 5) is 23.0. The van der Waals surface area contributed by atoms with E-state index in [1.165, 1.54) is 0 Å². The van der Waals surface area contributed by atoms with Gasteiger partial charge in [-0.05, 0) is 40.5 Å². The molecule has 0 saturated carbocycles. The van der Waals surface area contributed by atoms with Crippen LogP contribution in [0.25, 0.3) is 0 Å². The number of halogens is 2. The Morgan fingerprint density at radius 1 is 1.39 bits per heavy atom. The smallest absolute Gasteiger partial charge is 0.326 e. The Hall–Kier alpha value is -0.880. The zero-order chi connectivity index (χ0) is 13.7. The van der Waals surface area contributed by atoms with Crippen molar-refractivity contribution >= 4 is 43.7 Å². The van der Waals surface area contributed by atoms with Crippen molar-refractivity contribution in [1.29, 1.82) is 0 Å². The van der Waals surface area contributed by atoms with E-state index in [9.17, 15) is 9.59 Å². The fourth-order valence-corrected chi connectivity index (χ4v) is 2.24. The van der Waals surface area contributed by atoms with E-state index < -0.39 is 17.9 Å². The van der Waals surface area contributed by atoms with E-state index in [0.29, 0.717) is 22.9 Å². The number of benzene rings is 1. The van der Waals surface area contributed by atoms with Gasteiger partial charge in [0.15, 0.2) is 0 Å². The Morgan fingerprint density at radius 3 is 2.61 bits per heavy atom. The molecule has 6 heteroatoms. The molecule has 0 saturated heterocycles. The quantitative estimate of drug-likeness (QED) is 0.826. The van der Waals surface area contributed by atoms with Crippen LogP contribution in [0.2, 0.25) is 0 Å². The van der Waals surface area contributed by atoms with Crippen molar-refractivity contribution in [2.75, 3.05) is 0 Å². The van der Waals surface area contributed by atoms with E-state index in [1.54, 1.807) is 18.2 Å². The Labute approximate surface area is 122 Å². The number of aliphatic carboxylic acids is 1. The first-order valence-corrected chi connectivity index (χ1v) is 7.03. The highest BCUT2D eigenvalue weighted by Gasteiger charge is 2.20. The molecule has 0 radical (unpaired) electrons. The van der Waals surface area contributed by atoms with Crippen LogP contribution in [0.15, 0.2) is 27.1 Å². The molecule has 2 N–H and O–H groups in total. The van der Waals surface area contributed by atoms with E-state index in [1.807, 2.05) is 6.92 Å². The summed E-state index contributed by atoms with van der Waals surface area (Å²) in [6.07, 6.45) is 1.10. The van der Waals surface area contributed by atoms with Crippen LogP contribution in [0.4, 0.5) is 0 Å². The third-order valence-corrected chi connectivity index (χ3v) is 3.54. The minimum Gasteiger partial charge on any atom is -0.480 e. The number of hydrogen-bond donors (Lipinski definition) is 2. The summed E-state index contributed by atoms with van der Waals surface area (Å²) >= 11 is 6.54. The van der Waals surface area contributed by atoms with Crippen molar-refractivity contribution in [2.24, 2.45) is 0 Å². The summed E-state index contributed by atoms with van der Waals surface area (Å²) < 4.78 is 1.39. The maximum absolute atomic E-state index is 12.0. The van der Waals surface area contributed by atoms with Gasteiger partial charge in [0.05, 0.1) is 5.56 Å². The number of rotatable bonds is 5. The first-order valence-electron chi connectivity index (χ1n) is 5.44. The molecule has 0 fully saturated rings. The molecule has 0 heterocycles. The van der Waals surface area contributed by atoms with E-state index in [2.05, 4.69) is 37.2 Å². The number of amides is 1. The molecule has 1 amide bonds. The van der Waals surface area contributed by atoms with Crippen molar-refractivity contribution in [2.45, 2.75) is 25.8 Å². The maximum Gasteiger partial charge on any atom is 0.326 e. The van der Waals surface area contributed by atoms with Crippen molar-refractivity contribution in [3.63, 3.8) is 0 Å². The van der Waals surface area contributed by atoms with Crippen LogP contribution < -0.4 is 5.32 Å². The minimum absolute atomic E-state index is 0.399. The van der Waals surface area contributed by atoms with Gasteiger partial charge in [-0.2, -0.15) is 0 Å². The lowest BCUT2D eigenvalue weighted by molar-refractivity contribution is -0.139. The summed E-state index contributed by atoms with van der Waals surface area (Å²) in [5.41, 5.74) is 0.409. The fraction of sp³-hybridized carbons (Fsp3) is 0.333. The Bertz CT molecular complexity index is 463. The summed E-state index contributed by atoms with van der Waals surface area (Å²) in [5, 5.41) is 11.5. The lowest BCUT2D eigenvalue weighted by Crippen LogP contribution is -2.40. The molecule has 18 heavy (non-hydrogen) atoms. The summed E-state index contributed by atoms with van der Waals surface area (Å²) in [6.45, 7) is 1.87. The number of nitrogens with one attached hydrogen (secondary N) is 1. The number of carbonyl (C=O) groups is 2. The highest BCUT2D eigenvalue weighted by molar-refractivity contribution is 9.11. The van der Waals surface area contributed by atoms with E-state index >= 15 is 0 Å². The van der Waals surface area contributed by atoms with Crippen LogP contribution >= 0.6 is 31.9 Å². The molecule has 1 rings (SSSR count). The Kier molecular flexibility index (Phi) is 5.81. The molecule has 0 aromatic heterocycles. The number of carboxylic acids is 1. The number of hydrogen-bond acceptors (Lipinski definition) is 2. The maximum atomic E-state index is 12.0. The van der Waals surface area contributed by atoms with Gasteiger partial charge < -0.3 is 10.4 Å². The fourth-order valence-electron chi connectivity index (χ4n) is 1.45. The molecule has 0 spiro atoms. The Balaban J connectivity index is 2.86. The predicted octanol–water partition coefficient (Wildman–Crippen LogP) is 3.19. The van der Waals surface area contributed by atoms with Gasteiger partial charge in [-0.1, -0.05) is 29.3 Å². The molecule has 0 bridgehead atoms. The second kappa shape index (κ2) is 6.89.